The summed E-state index contributed by atoms with van der Waals surface area (Å²) in [5.41, 5.74) is -0.952. The molecule has 122 valence electrons. The number of anilines is 1. The maximum atomic E-state index is 12.9. The fourth-order valence-electron chi connectivity index (χ4n) is 1.89. The van der Waals surface area contributed by atoms with Crippen molar-refractivity contribution < 1.29 is 27.4 Å². The van der Waals surface area contributed by atoms with Crippen LogP contribution in [0.1, 0.15) is 5.56 Å². The Morgan fingerprint density at radius 2 is 2.14 bits per heavy atom. The van der Waals surface area contributed by atoms with Crippen molar-refractivity contribution in [2.45, 2.75) is 17.2 Å². The predicted molar refractivity (Wildman–Crippen MR) is 77.4 cm³/mol. The molecule has 1 atom stereocenters. The van der Waals surface area contributed by atoms with Gasteiger partial charge in [-0.25, -0.2) is 0 Å². The second-order valence-electron chi connectivity index (χ2n) is 4.45. The average Bonchev–Trinajstić information content (AvgIpc) is 2.48. The molecule has 1 N–H and O–H groups in total. The predicted octanol–water partition coefficient (Wildman–Crippen LogP) is 3.43. The van der Waals surface area contributed by atoms with Gasteiger partial charge in [0, 0.05) is 4.90 Å². The van der Waals surface area contributed by atoms with Crippen LogP contribution in [0.5, 0.6) is 0 Å². The summed E-state index contributed by atoms with van der Waals surface area (Å²) >= 11 is 6.84. The van der Waals surface area contributed by atoms with Crippen molar-refractivity contribution in [3.63, 3.8) is 0 Å². The number of carbonyl (C=O) groups is 1. The number of hydrogen-bond acceptors (Lipinski definition) is 4. The molecule has 0 aliphatic carbocycles. The summed E-state index contributed by atoms with van der Waals surface area (Å²) in [7, 11) is 0. The SMILES string of the molecule is CSc1cc(Cl)c(C(F)(F)F)cc1NC(=O)C1COCCO1. The van der Waals surface area contributed by atoms with Gasteiger partial charge in [0.25, 0.3) is 5.91 Å². The van der Waals surface area contributed by atoms with Crippen LogP contribution in [0.2, 0.25) is 5.02 Å². The summed E-state index contributed by atoms with van der Waals surface area (Å²) in [6.45, 7) is 0.723. The van der Waals surface area contributed by atoms with Gasteiger partial charge < -0.3 is 14.8 Å². The van der Waals surface area contributed by atoms with Crippen molar-refractivity contribution in [2.24, 2.45) is 0 Å². The summed E-state index contributed by atoms with van der Waals surface area (Å²) in [6.07, 6.45) is -3.76. The zero-order chi connectivity index (χ0) is 16.3. The van der Waals surface area contributed by atoms with Gasteiger partial charge in [0.2, 0.25) is 0 Å². The second kappa shape index (κ2) is 7.08. The molecule has 2 rings (SSSR count). The van der Waals surface area contributed by atoms with Crippen LogP contribution in [0, 0.1) is 0 Å². The quantitative estimate of drug-likeness (QED) is 0.844. The number of halogens is 4. The number of rotatable bonds is 3. The van der Waals surface area contributed by atoms with E-state index in [2.05, 4.69) is 5.32 Å². The summed E-state index contributed by atoms with van der Waals surface area (Å²) in [5.74, 6) is -0.551. The van der Waals surface area contributed by atoms with Gasteiger partial charge >= 0.3 is 6.18 Å². The molecule has 1 aromatic carbocycles. The first kappa shape index (κ1) is 17.4. The Labute approximate surface area is 134 Å². The fourth-order valence-corrected chi connectivity index (χ4v) is 2.79. The van der Waals surface area contributed by atoms with Crippen LogP contribution in [0.4, 0.5) is 18.9 Å². The van der Waals surface area contributed by atoms with Gasteiger partial charge in [-0.15, -0.1) is 11.8 Å². The monoisotopic (exact) mass is 355 g/mol. The van der Waals surface area contributed by atoms with Crippen molar-refractivity contribution in [3.05, 3.63) is 22.7 Å². The molecule has 0 spiro atoms. The van der Waals surface area contributed by atoms with Crippen molar-refractivity contribution in [1.82, 2.24) is 0 Å². The largest absolute Gasteiger partial charge is 0.417 e. The molecule has 1 unspecified atom stereocenters. The number of thioether (sulfide) groups is 1. The van der Waals surface area contributed by atoms with Crippen molar-refractivity contribution >= 4 is 35.0 Å². The van der Waals surface area contributed by atoms with Crippen LogP contribution in [0.15, 0.2) is 17.0 Å². The van der Waals surface area contributed by atoms with Gasteiger partial charge in [-0.1, -0.05) is 11.6 Å². The van der Waals surface area contributed by atoms with Gasteiger partial charge in [0.15, 0.2) is 6.10 Å². The Morgan fingerprint density at radius 3 is 2.68 bits per heavy atom. The first-order valence-corrected chi connectivity index (χ1v) is 7.88. The molecule has 4 nitrogen and oxygen atoms in total. The normalized spacial score (nSPS) is 19.0. The van der Waals surface area contributed by atoms with Crippen molar-refractivity contribution in [1.29, 1.82) is 0 Å². The first-order valence-electron chi connectivity index (χ1n) is 6.28. The highest BCUT2D eigenvalue weighted by atomic mass is 35.5. The van der Waals surface area contributed by atoms with Crippen LogP contribution >= 0.6 is 23.4 Å². The highest BCUT2D eigenvalue weighted by Crippen LogP contribution is 2.40. The van der Waals surface area contributed by atoms with E-state index in [0.29, 0.717) is 11.5 Å². The average molecular weight is 356 g/mol. The molecule has 9 heteroatoms. The third kappa shape index (κ3) is 4.07. The molecule has 1 heterocycles. The second-order valence-corrected chi connectivity index (χ2v) is 5.71. The van der Waals surface area contributed by atoms with E-state index < -0.39 is 28.8 Å². The molecule has 0 radical (unpaired) electrons. The molecule has 1 fully saturated rings. The van der Waals surface area contributed by atoms with Crippen LogP contribution in [0.3, 0.4) is 0 Å². The number of nitrogens with one attached hydrogen (secondary N) is 1. The van der Waals surface area contributed by atoms with Gasteiger partial charge in [0.05, 0.1) is 36.1 Å². The van der Waals surface area contributed by atoms with E-state index in [1.54, 1.807) is 6.26 Å². The van der Waals surface area contributed by atoms with E-state index >= 15 is 0 Å². The van der Waals surface area contributed by atoms with Crippen LogP contribution in [-0.2, 0) is 20.4 Å². The number of carbonyl (C=O) groups excluding carboxylic acids is 1. The van der Waals surface area contributed by atoms with Gasteiger partial charge in [-0.05, 0) is 18.4 Å². The lowest BCUT2D eigenvalue weighted by Gasteiger charge is -2.23. The van der Waals surface area contributed by atoms with E-state index in [1.165, 1.54) is 17.8 Å². The van der Waals surface area contributed by atoms with Crippen molar-refractivity contribution in [3.8, 4) is 0 Å². The number of benzene rings is 1. The zero-order valence-corrected chi connectivity index (χ0v) is 13.1. The molecule has 0 saturated carbocycles. The van der Waals surface area contributed by atoms with Gasteiger partial charge in [-0.2, -0.15) is 13.2 Å². The fraction of sp³-hybridized carbons (Fsp3) is 0.462. The van der Waals surface area contributed by atoms with Crippen molar-refractivity contribution in [2.75, 3.05) is 31.4 Å². The highest BCUT2D eigenvalue weighted by molar-refractivity contribution is 7.98. The maximum Gasteiger partial charge on any atom is 0.417 e. The molecule has 1 aliphatic rings. The standard InChI is InChI=1S/C13H13ClF3NO3S/c1-22-11-5-8(14)7(13(15,16)17)4-9(11)18-12(19)10-6-20-2-3-21-10/h4-5,10H,2-3,6H2,1H3,(H,18,19). The highest BCUT2D eigenvalue weighted by Gasteiger charge is 2.34. The molecule has 22 heavy (non-hydrogen) atoms. The number of amides is 1. The molecule has 0 bridgehead atoms. The van der Waals surface area contributed by atoms with Gasteiger partial charge in [-0.3, -0.25) is 4.79 Å². The van der Waals surface area contributed by atoms with E-state index in [0.717, 1.165) is 6.07 Å². The minimum absolute atomic E-state index is 0.0448. The van der Waals surface area contributed by atoms with E-state index in [4.69, 9.17) is 21.1 Å². The molecule has 1 aliphatic heterocycles. The van der Waals surface area contributed by atoms with E-state index in [-0.39, 0.29) is 18.9 Å². The Kier molecular flexibility index (Phi) is 5.60. The summed E-state index contributed by atoms with van der Waals surface area (Å²) in [6, 6.07) is 2.01. The Balaban J connectivity index is 2.26. The Bertz CT molecular complexity index is 562. The zero-order valence-electron chi connectivity index (χ0n) is 11.5. The minimum atomic E-state index is -4.60. The number of ether oxygens (including phenoxy) is 2. The van der Waals surface area contributed by atoms with E-state index in [1.807, 2.05) is 0 Å². The third-order valence-corrected chi connectivity index (χ3v) is 4.05. The van der Waals surface area contributed by atoms with E-state index in [9.17, 15) is 18.0 Å². The van der Waals surface area contributed by atoms with Crippen LogP contribution < -0.4 is 5.32 Å². The smallest absolute Gasteiger partial charge is 0.376 e. The summed E-state index contributed by atoms with van der Waals surface area (Å²) in [4.78, 5) is 12.5. The number of hydrogen-bond donors (Lipinski definition) is 1. The number of alkyl halides is 3. The molecular weight excluding hydrogens is 343 g/mol. The third-order valence-electron chi connectivity index (χ3n) is 2.96. The topological polar surface area (TPSA) is 47.6 Å². The Hall–Kier alpha value is -0.960. The molecule has 1 aromatic rings. The minimum Gasteiger partial charge on any atom is -0.376 e. The summed E-state index contributed by atoms with van der Waals surface area (Å²) in [5, 5.41) is 2.04. The lowest BCUT2D eigenvalue weighted by Crippen LogP contribution is -2.39. The lowest BCUT2D eigenvalue weighted by atomic mass is 10.2. The molecular formula is C13H13ClF3NO3S. The van der Waals surface area contributed by atoms with Gasteiger partial charge in [0.1, 0.15) is 0 Å². The molecule has 1 saturated heterocycles. The molecule has 1 amide bonds. The lowest BCUT2D eigenvalue weighted by molar-refractivity contribution is -0.142. The first-order chi connectivity index (χ1) is 10.3. The van der Waals surface area contributed by atoms with Crippen LogP contribution in [0.25, 0.3) is 0 Å². The van der Waals surface area contributed by atoms with Crippen LogP contribution in [-0.4, -0.2) is 38.1 Å². The Morgan fingerprint density at radius 1 is 1.41 bits per heavy atom. The molecule has 0 aromatic heterocycles. The summed E-state index contributed by atoms with van der Waals surface area (Å²) < 4.78 is 49.0. The maximum absolute atomic E-state index is 12.9.